The third-order valence-corrected chi connectivity index (χ3v) is 3.81. The van der Waals surface area contributed by atoms with E-state index in [1.54, 1.807) is 25.1 Å². The molecule has 1 aliphatic carbocycles. The number of hydrogen-bond donors (Lipinski definition) is 1. The van der Waals surface area contributed by atoms with Crippen LogP contribution in [-0.2, 0) is 15.0 Å². The molecule has 0 radical (unpaired) electrons. The van der Waals surface area contributed by atoms with E-state index >= 15 is 0 Å². The Bertz CT molecular complexity index is 526. The molecule has 0 aliphatic heterocycles. The number of carboxylic acids is 1. The van der Waals surface area contributed by atoms with Crippen LogP contribution in [0.3, 0.4) is 0 Å². The number of halogens is 1. The number of likely N-dealkylation sites (N-methyl/N-ethyl adjacent to an activating group) is 1. The summed E-state index contributed by atoms with van der Waals surface area (Å²) in [6, 6.07) is 6.32. The van der Waals surface area contributed by atoms with Crippen molar-refractivity contribution >= 4 is 11.9 Å². The maximum Gasteiger partial charge on any atom is 0.305 e. The van der Waals surface area contributed by atoms with Crippen LogP contribution in [0.5, 0.6) is 0 Å². The van der Waals surface area contributed by atoms with Gasteiger partial charge in [0, 0.05) is 18.7 Å². The number of hydrogen-bond acceptors (Lipinski definition) is 2. The molecular weight excluding hydrogens is 261 g/mol. The van der Waals surface area contributed by atoms with Crippen molar-refractivity contribution in [2.24, 2.45) is 0 Å². The van der Waals surface area contributed by atoms with Gasteiger partial charge in [-0.15, -0.1) is 0 Å². The van der Waals surface area contributed by atoms with Crippen LogP contribution in [0.4, 0.5) is 4.39 Å². The van der Waals surface area contributed by atoms with E-state index in [1.165, 1.54) is 11.0 Å². The Labute approximate surface area is 117 Å². The summed E-state index contributed by atoms with van der Waals surface area (Å²) in [7, 11) is 0. The third kappa shape index (κ3) is 2.66. The summed E-state index contributed by atoms with van der Waals surface area (Å²) in [4.78, 5) is 24.7. The molecular formula is C15H18FNO3. The number of carbonyl (C=O) groups excluding carboxylic acids is 1. The molecule has 0 heterocycles. The lowest BCUT2D eigenvalue weighted by Gasteiger charge is -2.26. The average molecular weight is 279 g/mol. The highest BCUT2D eigenvalue weighted by Crippen LogP contribution is 2.50. The van der Waals surface area contributed by atoms with Crippen LogP contribution in [0.15, 0.2) is 24.3 Å². The van der Waals surface area contributed by atoms with Gasteiger partial charge in [-0.3, -0.25) is 9.59 Å². The van der Waals surface area contributed by atoms with E-state index in [0.29, 0.717) is 24.9 Å². The minimum absolute atomic E-state index is 0.0903. The maximum atomic E-state index is 13.9. The molecule has 1 saturated carbocycles. The molecule has 0 saturated heterocycles. The van der Waals surface area contributed by atoms with Gasteiger partial charge in [-0.25, -0.2) is 4.39 Å². The standard InChI is InChI=1S/C15H18FNO3/c1-2-17(10-7-13(18)19)14(20)15(8-9-15)11-5-3-4-6-12(11)16/h3-6H,2,7-10H2,1H3,(H,18,19). The molecule has 5 heteroatoms. The van der Waals surface area contributed by atoms with E-state index in [4.69, 9.17) is 5.11 Å². The van der Waals surface area contributed by atoms with Gasteiger partial charge in [0.2, 0.25) is 5.91 Å². The Balaban J connectivity index is 2.19. The van der Waals surface area contributed by atoms with E-state index in [0.717, 1.165) is 0 Å². The highest BCUT2D eigenvalue weighted by Gasteiger charge is 2.54. The third-order valence-electron chi connectivity index (χ3n) is 3.81. The second-order valence-corrected chi connectivity index (χ2v) is 5.09. The molecule has 4 nitrogen and oxygen atoms in total. The van der Waals surface area contributed by atoms with Gasteiger partial charge in [0.15, 0.2) is 0 Å². The largest absolute Gasteiger partial charge is 0.481 e. The van der Waals surface area contributed by atoms with Crippen LogP contribution < -0.4 is 0 Å². The minimum atomic E-state index is -0.938. The first-order valence-corrected chi connectivity index (χ1v) is 6.77. The first-order chi connectivity index (χ1) is 9.51. The molecule has 1 amide bonds. The van der Waals surface area contributed by atoms with Crippen molar-refractivity contribution in [3.8, 4) is 0 Å². The molecule has 1 fully saturated rings. The quantitative estimate of drug-likeness (QED) is 0.868. The normalized spacial score (nSPS) is 15.7. The van der Waals surface area contributed by atoms with Gasteiger partial charge in [-0.2, -0.15) is 0 Å². The predicted octanol–water partition coefficient (Wildman–Crippen LogP) is 2.18. The number of carboxylic acid groups (broad SMARTS) is 1. The van der Waals surface area contributed by atoms with E-state index in [1.807, 2.05) is 0 Å². The van der Waals surface area contributed by atoms with Crippen LogP contribution in [0, 0.1) is 5.82 Å². The fraction of sp³-hybridized carbons (Fsp3) is 0.467. The van der Waals surface area contributed by atoms with Crippen molar-refractivity contribution < 1.29 is 19.1 Å². The van der Waals surface area contributed by atoms with E-state index in [9.17, 15) is 14.0 Å². The van der Waals surface area contributed by atoms with Crippen molar-refractivity contribution in [1.29, 1.82) is 0 Å². The van der Waals surface area contributed by atoms with Gasteiger partial charge in [0.25, 0.3) is 0 Å². The molecule has 0 aromatic heterocycles. The minimum Gasteiger partial charge on any atom is -0.481 e. The Morgan fingerprint density at radius 2 is 2.00 bits per heavy atom. The molecule has 2 rings (SSSR count). The zero-order chi connectivity index (χ0) is 14.8. The molecule has 20 heavy (non-hydrogen) atoms. The number of aliphatic carboxylic acids is 1. The predicted molar refractivity (Wildman–Crippen MR) is 71.8 cm³/mol. The van der Waals surface area contributed by atoms with Crippen LogP contribution in [0.2, 0.25) is 0 Å². The lowest BCUT2D eigenvalue weighted by Crippen LogP contribution is -2.40. The van der Waals surface area contributed by atoms with E-state index in [2.05, 4.69) is 0 Å². The summed E-state index contributed by atoms with van der Waals surface area (Å²) < 4.78 is 13.9. The summed E-state index contributed by atoms with van der Waals surface area (Å²) in [6.45, 7) is 2.40. The molecule has 1 N–H and O–H groups in total. The zero-order valence-corrected chi connectivity index (χ0v) is 11.4. The van der Waals surface area contributed by atoms with Crippen molar-refractivity contribution in [3.05, 3.63) is 35.6 Å². The first-order valence-electron chi connectivity index (χ1n) is 6.77. The Kier molecular flexibility index (Phi) is 4.06. The molecule has 1 aromatic rings. The molecule has 0 spiro atoms. The summed E-state index contributed by atoms with van der Waals surface area (Å²) in [5, 5.41) is 8.72. The fourth-order valence-corrected chi connectivity index (χ4v) is 2.51. The average Bonchev–Trinajstić information content (AvgIpc) is 3.21. The second kappa shape index (κ2) is 5.61. The Morgan fingerprint density at radius 1 is 1.35 bits per heavy atom. The molecule has 0 bridgehead atoms. The van der Waals surface area contributed by atoms with Crippen molar-refractivity contribution in [3.63, 3.8) is 0 Å². The van der Waals surface area contributed by atoms with Crippen molar-refractivity contribution in [2.75, 3.05) is 13.1 Å². The summed E-state index contributed by atoms with van der Waals surface area (Å²) >= 11 is 0. The highest BCUT2D eigenvalue weighted by atomic mass is 19.1. The molecule has 0 unspecified atom stereocenters. The molecule has 1 aliphatic rings. The van der Waals surface area contributed by atoms with Crippen LogP contribution >= 0.6 is 0 Å². The Morgan fingerprint density at radius 3 is 2.50 bits per heavy atom. The highest BCUT2D eigenvalue weighted by molar-refractivity contribution is 5.91. The van der Waals surface area contributed by atoms with Crippen molar-refractivity contribution in [1.82, 2.24) is 4.90 Å². The van der Waals surface area contributed by atoms with Crippen molar-refractivity contribution in [2.45, 2.75) is 31.6 Å². The zero-order valence-electron chi connectivity index (χ0n) is 11.4. The topological polar surface area (TPSA) is 57.6 Å². The van der Waals surface area contributed by atoms with E-state index < -0.39 is 11.4 Å². The summed E-state index contributed by atoms with van der Waals surface area (Å²) in [6.07, 6.45) is 1.15. The number of carbonyl (C=O) groups is 2. The number of rotatable bonds is 6. The van der Waals surface area contributed by atoms with E-state index in [-0.39, 0.29) is 24.7 Å². The Hall–Kier alpha value is -1.91. The number of amides is 1. The number of nitrogens with zero attached hydrogens (tertiary/aromatic N) is 1. The monoisotopic (exact) mass is 279 g/mol. The van der Waals surface area contributed by atoms with Crippen LogP contribution in [0.1, 0.15) is 31.7 Å². The lowest BCUT2D eigenvalue weighted by molar-refractivity contribution is -0.139. The first kappa shape index (κ1) is 14.5. The van der Waals surface area contributed by atoms with Gasteiger partial charge >= 0.3 is 5.97 Å². The second-order valence-electron chi connectivity index (χ2n) is 5.09. The molecule has 1 aromatic carbocycles. The summed E-state index contributed by atoms with van der Waals surface area (Å²) in [5.74, 6) is -1.47. The van der Waals surface area contributed by atoms with Gasteiger partial charge in [0.05, 0.1) is 11.8 Å². The van der Waals surface area contributed by atoms with Crippen LogP contribution in [0.25, 0.3) is 0 Å². The number of benzene rings is 1. The molecule has 0 atom stereocenters. The van der Waals surface area contributed by atoms with Gasteiger partial charge < -0.3 is 10.0 Å². The SMILES string of the molecule is CCN(CCC(=O)O)C(=O)C1(c2ccccc2F)CC1. The maximum absolute atomic E-state index is 13.9. The molecule has 108 valence electrons. The smallest absolute Gasteiger partial charge is 0.305 e. The lowest BCUT2D eigenvalue weighted by atomic mass is 9.93. The van der Waals surface area contributed by atoms with Gasteiger partial charge in [-0.05, 0) is 25.8 Å². The summed E-state index contributed by atoms with van der Waals surface area (Å²) in [5.41, 5.74) is -0.348. The van der Waals surface area contributed by atoms with Gasteiger partial charge in [0.1, 0.15) is 5.82 Å². The fourth-order valence-electron chi connectivity index (χ4n) is 2.51. The van der Waals surface area contributed by atoms with Gasteiger partial charge in [-0.1, -0.05) is 18.2 Å². The van der Waals surface area contributed by atoms with Crippen LogP contribution in [-0.4, -0.2) is 35.0 Å².